The van der Waals surface area contributed by atoms with E-state index in [-0.39, 0.29) is 0 Å². The average molecular weight is 210 g/mol. The third-order valence-corrected chi connectivity index (χ3v) is 2.26. The van der Waals surface area contributed by atoms with Gasteiger partial charge in [0.15, 0.2) is 0 Å². The fraction of sp³-hybridized carbons (Fsp3) is 0.125. The van der Waals surface area contributed by atoms with Gasteiger partial charge in [0.05, 0.1) is 0 Å². The van der Waals surface area contributed by atoms with E-state index >= 15 is 0 Å². The summed E-state index contributed by atoms with van der Waals surface area (Å²) < 4.78 is 0. The lowest BCUT2D eigenvalue weighted by molar-refractivity contribution is 1.14. The van der Waals surface area contributed by atoms with Crippen molar-refractivity contribution in [3.8, 4) is 0 Å². The highest BCUT2D eigenvalue weighted by Crippen LogP contribution is 2.06. The molecule has 0 aliphatic heterocycles. The van der Waals surface area contributed by atoms with E-state index in [0.717, 1.165) is 6.42 Å². The highest BCUT2D eigenvalue weighted by molar-refractivity contribution is 5.47. The Balaban J connectivity index is 0.000000181. The van der Waals surface area contributed by atoms with Crippen LogP contribution in [0.1, 0.15) is 18.1 Å². The van der Waals surface area contributed by atoms with Gasteiger partial charge in [0.25, 0.3) is 0 Å². The maximum absolute atomic E-state index is 3.71. The predicted octanol–water partition coefficient (Wildman–Crippen LogP) is 4.58. The van der Waals surface area contributed by atoms with Crippen LogP contribution in [0, 0.1) is 0 Å². The third-order valence-electron chi connectivity index (χ3n) is 2.26. The second kappa shape index (κ2) is 7.47. The highest BCUT2D eigenvalue weighted by atomic mass is 13.9. The molecule has 2 rings (SSSR count). The molecule has 0 unspecified atom stereocenters. The maximum atomic E-state index is 3.71. The minimum Gasteiger partial charge on any atom is -0.0985 e. The van der Waals surface area contributed by atoms with Crippen LogP contribution in [-0.4, -0.2) is 0 Å². The monoisotopic (exact) mass is 210 g/mol. The topological polar surface area (TPSA) is 0 Å². The molecule has 0 aliphatic rings. The van der Waals surface area contributed by atoms with Crippen LogP contribution < -0.4 is 0 Å². The molecule has 0 N–H and O–H groups in total. The van der Waals surface area contributed by atoms with Gasteiger partial charge < -0.3 is 0 Å². The second-order valence-corrected chi connectivity index (χ2v) is 3.46. The van der Waals surface area contributed by atoms with E-state index < -0.39 is 0 Å². The van der Waals surface area contributed by atoms with Crippen LogP contribution in [0.4, 0.5) is 0 Å². The summed E-state index contributed by atoms with van der Waals surface area (Å²) in [6, 6.07) is 20.4. The normalized spacial score (nSPS) is 8.81. The molecule has 0 aromatic heterocycles. The molecular formula is C16H18. The van der Waals surface area contributed by atoms with Crippen molar-refractivity contribution in [1.82, 2.24) is 0 Å². The highest BCUT2D eigenvalue weighted by Gasteiger charge is 1.87. The molecule has 0 saturated heterocycles. The Bertz CT molecular complexity index is 375. The van der Waals surface area contributed by atoms with Gasteiger partial charge in [-0.2, -0.15) is 0 Å². The van der Waals surface area contributed by atoms with Gasteiger partial charge in [0.1, 0.15) is 0 Å². The first kappa shape index (κ1) is 12.3. The molecule has 0 bridgehead atoms. The fourth-order valence-corrected chi connectivity index (χ4v) is 1.32. The van der Waals surface area contributed by atoms with Crippen molar-refractivity contribution in [1.29, 1.82) is 0 Å². The van der Waals surface area contributed by atoms with E-state index in [2.05, 4.69) is 37.8 Å². The van der Waals surface area contributed by atoms with Gasteiger partial charge >= 0.3 is 0 Å². The zero-order valence-corrected chi connectivity index (χ0v) is 9.77. The Morgan fingerprint density at radius 3 is 1.94 bits per heavy atom. The van der Waals surface area contributed by atoms with Crippen LogP contribution in [0.25, 0.3) is 6.08 Å². The number of rotatable bonds is 2. The first-order valence-electron chi connectivity index (χ1n) is 5.58. The number of hydrogen-bond donors (Lipinski definition) is 0. The van der Waals surface area contributed by atoms with Crippen LogP contribution in [0.2, 0.25) is 0 Å². The molecule has 0 spiro atoms. The van der Waals surface area contributed by atoms with E-state index in [4.69, 9.17) is 0 Å². The van der Waals surface area contributed by atoms with E-state index in [1.807, 2.05) is 42.5 Å². The van der Waals surface area contributed by atoms with Gasteiger partial charge in [-0.1, -0.05) is 80.2 Å². The van der Waals surface area contributed by atoms with Crippen molar-refractivity contribution in [2.24, 2.45) is 0 Å². The molecule has 0 atom stereocenters. The fourth-order valence-electron chi connectivity index (χ4n) is 1.32. The van der Waals surface area contributed by atoms with Gasteiger partial charge in [0.2, 0.25) is 0 Å². The van der Waals surface area contributed by atoms with E-state index in [9.17, 15) is 0 Å². The zero-order chi connectivity index (χ0) is 11.6. The molecule has 2 aromatic carbocycles. The smallest absolute Gasteiger partial charge is 0.0260 e. The number of benzene rings is 2. The van der Waals surface area contributed by atoms with Gasteiger partial charge in [-0.3, -0.25) is 0 Å². The summed E-state index contributed by atoms with van der Waals surface area (Å²) in [5.74, 6) is 0. The van der Waals surface area contributed by atoms with Gasteiger partial charge in [0, 0.05) is 0 Å². The molecule has 0 fully saturated rings. The molecule has 0 aliphatic carbocycles. The van der Waals surface area contributed by atoms with Crippen LogP contribution in [0.5, 0.6) is 0 Å². The van der Waals surface area contributed by atoms with E-state index in [1.54, 1.807) is 0 Å². The van der Waals surface area contributed by atoms with Crippen molar-refractivity contribution in [3.63, 3.8) is 0 Å². The molecule has 0 saturated carbocycles. The van der Waals surface area contributed by atoms with Gasteiger partial charge in [-0.05, 0) is 17.5 Å². The Labute approximate surface area is 98.3 Å². The number of aryl methyl sites for hydroxylation is 1. The molecule has 0 amide bonds. The lowest BCUT2D eigenvalue weighted by atomic mass is 10.1. The van der Waals surface area contributed by atoms with Crippen molar-refractivity contribution < 1.29 is 0 Å². The Morgan fingerprint density at radius 1 is 0.938 bits per heavy atom. The maximum Gasteiger partial charge on any atom is -0.0260 e. The Morgan fingerprint density at radius 2 is 1.50 bits per heavy atom. The third kappa shape index (κ3) is 4.61. The van der Waals surface area contributed by atoms with Crippen LogP contribution >= 0.6 is 0 Å². The zero-order valence-electron chi connectivity index (χ0n) is 9.77. The summed E-state index contributed by atoms with van der Waals surface area (Å²) in [6.45, 7) is 5.86. The summed E-state index contributed by atoms with van der Waals surface area (Å²) in [4.78, 5) is 0. The van der Waals surface area contributed by atoms with Crippen LogP contribution in [-0.2, 0) is 6.42 Å². The Hall–Kier alpha value is -1.82. The minimum absolute atomic E-state index is 1.10. The second-order valence-electron chi connectivity index (χ2n) is 3.46. The largest absolute Gasteiger partial charge is 0.0985 e. The summed E-state index contributed by atoms with van der Waals surface area (Å²) >= 11 is 0. The van der Waals surface area contributed by atoms with Crippen molar-refractivity contribution in [2.75, 3.05) is 0 Å². The van der Waals surface area contributed by atoms with Crippen molar-refractivity contribution >= 4 is 6.08 Å². The van der Waals surface area contributed by atoms with Gasteiger partial charge in [-0.15, -0.1) is 0 Å². The molecule has 0 heteroatoms. The molecule has 82 valence electrons. The lowest BCUT2D eigenvalue weighted by Crippen LogP contribution is -1.79. The molecule has 0 nitrogen and oxygen atoms in total. The average Bonchev–Trinajstić information content (AvgIpc) is 2.41. The summed E-state index contributed by atoms with van der Waals surface area (Å²) in [5, 5.41) is 0. The summed E-state index contributed by atoms with van der Waals surface area (Å²) in [6.07, 6.45) is 2.97. The van der Waals surface area contributed by atoms with E-state index in [0.29, 0.717) is 0 Å². The lowest BCUT2D eigenvalue weighted by Gasteiger charge is -1.96. The standard InChI is InChI=1S/C10H12.C6H6/c1-3-9-6-5-7-10(4-2)8-9;1-2-4-6-5-3-1/h3,5-8H,1,4H2,2H3;1-6H. The van der Waals surface area contributed by atoms with Crippen molar-refractivity contribution in [2.45, 2.75) is 13.3 Å². The van der Waals surface area contributed by atoms with Crippen molar-refractivity contribution in [3.05, 3.63) is 78.4 Å². The molecule has 0 heterocycles. The summed E-state index contributed by atoms with van der Waals surface area (Å²) in [5.41, 5.74) is 2.58. The molecule has 16 heavy (non-hydrogen) atoms. The SMILES string of the molecule is C=Cc1cccc(CC)c1.c1ccccc1. The first-order chi connectivity index (χ1) is 7.86. The quantitative estimate of drug-likeness (QED) is 0.680. The van der Waals surface area contributed by atoms with E-state index in [1.165, 1.54) is 11.1 Å². The predicted molar refractivity (Wildman–Crippen MR) is 72.4 cm³/mol. The van der Waals surface area contributed by atoms with Crippen LogP contribution in [0.15, 0.2) is 67.2 Å². The number of hydrogen-bond acceptors (Lipinski definition) is 0. The summed E-state index contributed by atoms with van der Waals surface area (Å²) in [7, 11) is 0. The van der Waals surface area contributed by atoms with Crippen LogP contribution in [0.3, 0.4) is 0 Å². The molecule has 0 radical (unpaired) electrons. The molecule has 2 aromatic rings. The first-order valence-corrected chi connectivity index (χ1v) is 5.58. The Kier molecular flexibility index (Phi) is 5.72. The van der Waals surface area contributed by atoms with Gasteiger partial charge in [-0.25, -0.2) is 0 Å². The molecular weight excluding hydrogens is 192 g/mol. The minimum atomic E-state index is 1.10.